The molecule has 0 aliphatic rings. The summed E-state index contributed by atoms with van der Waals surface area (Å²) in [7, 11) is 1.59. The monoisotopic (exact) mass is 359 g/mol. The van der Waals surface area contributed by atoms with E-state index in [0.29, 0.717) is 17.9 Å². The highest BCUT2D eigenvalue weighted by atomic mass is 32.2. The van der Waals surface area contributed by atoms with E-state index in [1.165, 1.54) is 11.8 Å². The maximum atomic E-state index is 12.1. The van der Waals surface area contributed by atoms with Crippen molar-refractivity contribution in [1.82, 2.24) is 0 Å². The number of thioether (sulfide) groups is 1. The summed E-state index contributed by atoms with van der Waals surface area (Å²) in [6.45, 7) is 2.50. The minimum Gasteiger partial charge on any atom is -0.497 e. The van der Waals surface area contributed by atoms with Gasteiger partial charge >= 0.3 is 0 Å². The molecule has 2 rings (SSSR count). The second-order valence-corrected chi connectivity index (χ2v) is 6.14. The van der Waals surface area contributed by atoms with Crippen molar-refractivity contribution in [3.63, 3.8) is 0 Å². The van der Waals surface area contributed by atoms with Gasteiger partial charge in [-0.15, -0.1) is 11.8 Å². The molecule has 0 saturated heterocycles. The van der Waals surface area contributed by atoms with Gasteiger partial charge in [0.25, 0.3) is 0 Å². The highest BCUT2D eigenvalue weighted by molar-refractivity contribution is 8.00. The molecule has 0 spiro atoms. The molecule has 0 heterocycles. The maximum Gasteiger partial charge on any atom is 0.234 e. The molecule has 6 heteroatoms. The van der Waals surface area contributed by atoms with Crippen molar-refractivity contribution in [2.45, 2.75) is 6.92 Å². The van der Waals surface area contributed by atoms with Crippen LogP contribution in [0.1, 0.15) is 17.3 Å². The number of hydrogen-bond donors (Lipinski definition) is 1. The van der Waals surface area contributed by atoms with Crippen molar-refractivity contribution in [2.75, 3.05) is 30.5 Å². The minimum atomic E-state index is -0.144. The van der Waals surface area contributed by atoms with Gasteiger partial charge in [0.1, 0.15) is 11.5 Å². The van der Waals surface area contributed by atoms with Crippen LogP contribution in [0.5, 0.6) is 11.5 Å². The number of methoxy groups -OCH3 is 1. The lowest BCUT2D eigenvalue weighted by Crippen LogP contribution is -2.15. The summed E-state index contributed by atoms with van der Waals surface area (Å²) in [6, 6.07) is 14.1. The SMILES string of the molecule is CCOc1ccc(C(=O)CSCC(=O)Nc2ccc(OC)cc2)cc1. The number of hydrogen-bond acceptors (Lipinski definition) is 5. The first kappa shape index (κ1) is 18.9. The van der Waals surface area contributed by atoms with Crippen molar-refractivity contribution in [3.05, 3.63) is 54.1 Å². The van der Waals surface area contributed by atoms with Gasteiger partial charge in [-0.1, -0.05) is 0 Å². The van der Waals surface area contributed by atoms with Crippen LogP contribution in [0.2, 0.25) is 0 Å². The van der Waals surface area contributed by atoms with Crippen LogP contribution in [0, 0.1) is 0 Å². The van der Waals surface area contributed by atoms with Crippen molar-refractivity contribution in [1.29, 1.82) is 0 Å². The molecule has 0 atom stereocenters. The van der Waals surface area contributed by atoms with Crippen molar-refractivity contribution in [2.24, 2.45) is 0 Å². The molecule has 1 N–H and O–H groups in total. The summed E-state index contributed by atoms with van der Waals surface area (Å²) in [6.07, 6.45) is 0. The molecule has 25 heavy (non-hydrogen) atoms. The molecule has 2 aromatic rings. The van der Waals surface area contributed by atoms with Gasteiger partial charge in [-0.05, 0) is 55.5 Å². The van der Waals surface area contributed by atoms with E-state index in [-0.39, 0.29) is 23.2 Å². The summed E-state index contributed by atoms with van der Waals surface area (Å²) in [5, 5.41) is 2.79. The maximum absolute atomic E-state index is 12.1. The van der Waals surface area contributed by atoms with E-state index in [2.05, 4.69) is 5.32 Å². The number of ether oxygens (including phenoxy) is 2. The third-order valence-electron chi connectivity index (χ3n) is 3.33. The Morgan fingerprint density at radius 2 is 1.60 bits per heavy atom. The fourth-order valence-electron chi connectivity index (χ4n) is 2.09. The Labute approximate surface area is 151 Å². The van der Waals surface area contributed by atoms with Gasteiger partial charge < -0.3 is 14.8 Å². The summed E-state index contributed by atoms with van der Waals surface area (Å²) in [5.74, 6) is 1.79. The number of rotatable bonds is 9. The Bertz CT molecular complexity index is 698. The molecule has 0 saturated carbocycles. The van der Waals surface area contributed by atoms with E-state index in [9.17, 15) is 9.59 Å². The Balaban J connectivity index is 1.75. The zero-order chi connectivity index (χ0) is 18.1. The van der Waals surface area contributed by atoms with Crippen LogP contribution in [0.25, 0.3) is 0 Å². The lowest BCUT2D eigenvalue weighted by molar-refractivity contribution is -0.113. The lowest BCUT2D eigenvalue weighted by Gasteiger charge is -2.07. The molecule has 0 aliphatic carbocycles. The summed E-state index contributed by atoms with van der Waals surface area (Å²) in [4.78, 5) is 24.0. The van der Waals surface area contributed by atoms with Gasteiger partial charge in [0.05, 0.1) is 25.2 Å². The van der Waals surface area contributed by atoms with Gasteiger partial charge in [-0.3, -0.25) is 9.59 Å². The quantitative estimate of drug-likeness (QED) is 0.693. The second kappa shape index (κ2) is 9.74. The number of ketones is 1. The van der Waals surface area contributed by atoms with Gasteiger partial charge in [0, 0.05) is 11.3 Å². The van der Waals surface area contributed by atoms with Crippen LogP contribution in [0.3, 0.4) is 0 Å². The zero-order valence-corrected chi connectivity index (χ0v) is 15.1. The number of carbonyl (C=O) groups is 2. The topological polar surface area (TPSA) is 64.6 Å². The molecule has 132 valence electrons. The molecule has 0 unspecified atom stereocenters. The van der Waals surface area contributed by atoms with E-state index in [1.807, 2.05) is 6.92 Å². The van der Waals surface area contributed by atoms with Crippen LogP contribution in [0.15, 0.2) is 48.5 Å². The molecule has 5 nitrogen and oxygen atoms in total. The van der Waals surface area contributed by atoms with Crippen molar-refractivity contribution < 1.29 is 19.1 Å². The Kier molecular flexibility index (Phi) is 7.35. The Hall–Kier alpha value is -2.47. The van der Waals surface area contributed by atoms with Crippen LogP contribution in [-0.4, -0.2) is 36.9 Å². The third-order valence-corrected chi connectivity index (χ3v) is 4.26. The lowest BCUT2D eigenvalue weighted by atomic mass is 10.1. The van der Waals surface area contributed by atoms with Crippen LogP contribution >= 0.6 is 11.8 Å². The standard InChI is InChI=1S/C19H21NO4S/c1-3-24-17-8-4-14(5-9-17)18(21)12-25-13-19(22)20-15-6-10-16(23-2)11-7-15/h4-11H,3,12-13H2,1-2H3,(H,20,22). The van der Waals surface area contributed by atoms with E-state index < -0.39 is 0 Å². The normalized spacial score (nSPS) is 10.2. The molecule has 0 aromatic heterocycles. The predicted octanol–water partition coefficient (Wildman–Crippen LogP) is 3.65. The summed E-state index contributed by atoms with van der Waals surface area (Å²) < 4.78 is 10.4. The fraction of sp³-hybridized carbons (Fsp3) is 0.263. The molecular formula is C19H21NO4S. The number of nitrogens with one attached hydrogen (secondary N) is 1. The van der Waals surface area contributed by atoms with Crippen LogP contribution in [-0.2, 0) is 4.79 Å². The first-order chi connectivity index (χ1) is 12.1. The van der Waals surface area contributed by atoms with Gasteiger partial charge in [-0.25, -0.2) is 0 Å². The molecule has 2 aromatic carbocycles. The van der Waals surface area contributed by atoms with E-state index >= 15 is 0 Å². The fourth-order valence-corrected chi connectivity index (χ4v) is 2.81. The smallest absolute Gasteiger partial charge is 0.234 e. The Morgan fingerprint density at radius 1 is 0.960 bits per heavy atom. The van der Waals surface area contributed by atoms with Crippen molar-refractivity contribution in [3.8, 4) is 11.5 Å². The molecule has 0 aliphatic heterocycles. The summed E-state index contributed by atoms with van der Waals surface area (Å²) in [5.41, 5.74) is 1.32. The van der Waals surface area contributed by atoms with Crippen molar-refractivity contribution >= 4 is 29.1 Å². The van der Waals surface area contributed by atoms with Gasteiger partial charge in [0.2, 0.25) is 5.91 Å². The predicted molar refractivity (Wildman–Crippen MR) is 101 cm³/mol. The number of amides is 1. The number of carbonyl (C=O) groups excluding carboxylic acids is 2. The molecule has 1 amide bonds. The number of benzene rings is 2. The molecule has 0 bridgehead atoms. The molecular weight excluding hydrogens is 338 g/mol. The minimum absolute atomic E-state index is 0.00899. The van der Waals surface area contributed by atoms with E-state index in [4.69, 9.17) is 9.47 Å². The molecule has 0 radical (unpaired) electrons. The Morgan fingerprint density at radius 3 is 2.20 bits per heavy atom. The van der Waals surface area contributed by atoms with E-state index in [1.54, 1.807) is 55.6 Å². The molecule has 0 fully saturated rings. The third kappa shape index (κ3) is 6.15. The highest BCUT2D eigenvalue weighted by Gasteiger charge is 2.09. The van der Waals surface area contributed by atoms with Gasteiger partial charge in [-0.2, -0.15) is 0 Å². The number of Topliss-reactive ketones (excluding diaryl/α,β-unsaturated/α-hetero) is 1. The zero-order valence-electron chi connectivity index (χ0n) is 14.3. The number of anilines is 1. The first-order valence-electron chi connectivity index (χ1n) is 7.90. The largest absolute Gasteiger partial charge is 0.497 e. The average Bonchev–Trinajstić information content (AvgIpc) is 2.63. The van der Waals surface area contributed by atoms with E-state index in [0.717, 1.165) is 11.5 Å². The average molecular weight is 359 g/mol. The van der Waals surface area contributed by atoms with Gasteiger partial charge in [0.15, 0.2) is 5.78 Å². The first-order valence-corrected chi connectivity index (χ1v) is 9.05. The van der Waals surface area contributed by atoms with Crippen LogP contribution in [0.4, 0.5) is 5.69 Å². The second-order valence-electron chi connectivity index (χ2n) is 5.15. The highest BCUT2D eigenvalue weighted by Crippen LogP contribution is 2.16. The summed E-state index contributed by atoms with van der Waals surface area (Å²) >= 11 is 1.29. The van der Waals surface area contributed by atoms with Crippen LogP contribution < -0.4 is 14.8 Å².